The van der Waals surface area contributed by atoms with Gasteiger partial charge in [0, 0.05) is 18.9 Å². The van der Waals surface area contributed by atoms with E-state index in [1.165, 1.54) is 6.42 Å². The van der Waals surface area contributed by atoms with Gasteiger partial charge in [0.05, 0.1) is 0 Å². The molecule has 0 heterocycles. The topological polar surface area (TPSA) is 29.1 Å². The first kappa shape index (κ1) is 13.6. The summed E-state index contributed by atoms with van der Waals surface area (Å²) in [5.74, 6) is 1.12. The molecule has 1 N–H and O–H groups in total. The number of rotatable bonds is 8. The van der Waals surface area contributed by atoms with Crippen LogP contribution in [0.1, 0.15) is 53.4 Å². The number of hydrogen-bond donors (Lipinski definition) is 1. The smallest absolute Gasteiger partial charge is 0.134 e. The predicted molar refractivity (Wildman–Crippen MR) is 61.5 cm³/mol. The van der Waals surface area contributed by atoms with Crippen LogP contribution >= 0.6 is 0 Å². The minimum atomic E-state index is 0.339. The van der Waals surface area contributed by atoms with Gasteiger partial charge in [-0.3, -0.25) is 4.79 Å². The van der Waals surface area contributed by atoms with Crippen LogP contribution in [0.5, 0.6) is 0 Å². The SMILES string of the molecule is CCNC(C)CC(=O)CCCC(C)C. The molecule has 84 valence electrons. The molecule has 1 unspecified atom stereocenters. The number of ketones is 1. The maximum Gasteiger partial charge on any atom is 0.134 e. The van der Waals surface area contributed by atoms with Crippen molar-refractivity contribution in [1.29, 1.82) is 0 Å². The predicted octanol–water partition coefficient (Wildman–Crippen LogP) is 2.77. The number of carbonyl (C=O) groups is 1. The maximum absolute atomic E-state index is 11.5. The molecule has 0 radical (unpaired) electrons. The Morgan fingerprint density at radius 3 is 2.43 bits per heavy atom. The van der Waals surface area contributed by atoms with Crippen molar-refractivity contribution in [2.75, 3.05) is 6.54 Å². The average molecular weight is 199 g/mol. The molecule has 0 saturated heterocycles. The molecule has 0 amide bonds. The molecule has 14 heavy (non-hydrogen) atoms. The number of hydrogen-bond acceptors (Lipinski definition) is 2. The Morgan fingerprint density at radius 2 is 1.93 bits per heavy atom. The molecule has 0 aromatic rings. The molecule has 0 aromatic carbocycles. The van der Waals surface area contributed by atoms with Crippen molar-refractivity contribution in [3.05, 3.63) is 0 Å². The van der Waals surface area contributed by atoms with Gasteiger partial charge in [-0.05, 0) is 25.8 Å². The summed E-state index contributed by atoms with van der Waals surface area (Å²) in [6, 6.07) is 0.339. The molecular formula is C12H25NO. The minimum absolute atomic E-state index is 0.339. The van der Waals surface area contributed by atoms with Gasteiger partial charge in [-0.1, -0.05) is 27.2 Å². The van der Waals surface area contributed by atoms with Gasteiger partial charge < -0.3 is 5.32 Å². The van der Waals surface area contributed by atoms with E-state index in [4.69, 9.17) is 0 Å². The van der Waals surface area contributed by atoms with Gasteiger partial charge >= 0.3 is 0 Å². The van der Waals surface area contributed by atoms with E-state index >= 15 is 0 Å². The van der Waals surface area contributed by atoms with Gasteiger partial charge in [-0.15, -0.1) is 0 Å². The molecule has 0 saturated carbocycles. The molecule has 0 spiro atoms. The lowest BCUT2D eigenvalue weighted by Gasteiger charge is -2.11. The van der Waals surface area contributed by atoms with Crippen LogP contribution in [0.15, 0.2) is 0 Å². The van der Waals surface area contributed by atoms with Crippen LogP contribution in [-0.4, -0.2) is 18.4 Å². The summed E-state index contributed by atoms with van der Waals surface area (Å²) in [5, 5.41) is 3.25. The Kier molecular flexibility index (Phi) is 7.77. The van der Waals surface area contributed by atoms with Crippen LogP contribution in [0.25, 0.3) is 0 Å². The van der Waals surface area contributed by atoms with Gasteiger partial charge in [0.2, 0.25) is 0 Å². The molecule has 0 aliphatic carbocycles. The zero-order valence-electron chi connectivity index (χ0n) is 10.1. The van der Waals surface area contributed by atoms with Crippen LogP contribution in [0.4, 0.5) is 0 Å². The van der Waals surface area contributed by atoms with Gasteiger partial charge in [0.15, 0.2) is 0 Å². The first-order valence-electron chi connectivity index (χ1n) is 5.81. The van der Waals surface area contributed by atoms with E-state index in [-0.39, 0.29) is 0 Å². The number of Topliss-reactive ketones (excluding diaryl/α,β-unsaturated/α-hetero) is 1. The quantitative estimate of drug-likeness (QED) is 0.651. The summed E-state index contributed by atoms with van der Waals surface area (Å²) < 4.78 is 0. The Morgan fingerprint density at radius 1 is 1.29 bits per heavy atom. The van der Waals surface area contributed by atoms with Gasteiger partial charge in [-0.2, -0.15) is 0 Å². The Hall–Kier alpha value is -0.370. The zero-order chi connectivity index (χ0) is 11.0. The second-order valence-corrected chi connectivity index (χ2v) is 4.49. The standard InChI is InChI=1S/C12H25NO/c1-5-13-11(4)9-12(14)8-6-7-10(2)3/h10-11,13H,5-9H2,1-4H3. The highest BCUT2D eigenvalue weighted by molar-refractivity contribution is 5.78. The molecular weight excluding hydrogens is 174 g/mol. The first-order chi connectivity index (χ1) is 6.56. The van der Waals surface area contributed by atoms with E-state index in [0.717, 1.165) is 19.4 Å². The van der Waals surface area contributed by atoms with Crippen molar-refractivity contribution in [1.82, 2.24) is 5.32 Å². The average Bonchev–Trinajstić information content (AvgIpc) is 2.03. The van der Waals surface area contributed by atoms with Crippen molar-refractivity contribution >= 4 is 5.78 Å². The van der Waals surface area contributed by atoms with Crippen molar-refractivity contribution < 1.29 is 4.79 Å². The zero-order valence-corrected chi connectivity index (χ0v) is 10.1. The third-order valence-corrected chi connectivity index (χ3v) is 2.32. The van der Waals surface area contributed by atoms with Crippen LogP contribution in [0, 0.1) is 5.92 Å². The number of nitrogens with one attached hydrogen (secondary N) is 1. The molecule has 1 atom stereocenters. The summed E-state index contributed by atoms with van der Waals surface area (Å²) in [6.07, 6.45) is 3.66. The molecule has 0 bridgehead atoms. The van der Waals surface area contributed by atoms with E-state index in [2.05, 4.69) is 33.0 Å². The van der Waals surface area contributed by atoms with E-state index in [1.807, 2.05) is 0 Å². The van der Waals surface area contributed by atoms with Gasteiger partial charge in [0.1, 0.15) is 5.78 Å². The first-order valence-corrected chi connectivity index (χ1v) is 5.81. The minimum Gasteiger partial charge on any atom is -0.314 e. The highest BCUT2D eigenvalue weighted by atomic mass is 16.1. The normalized spacial score (nSPS) is 13.2. The highest BCUT2D eigenvalue weighted by Gasteiger charge is 2.07. The van der Waals surface area contributed by atoms with E-state index < -0.39 is 0 Å². The fourth-order valence-electron chi connectivity index (χ4n) is 1.57. The monoisotopic (exact) mass is 199 g/mol. The Labute approximate surface area is 88.5 Å². The largest absolute Gasteiger partial charge is 0.314 e. The second kappa shape index (κ2) is 7.98. The third kappa shape index (κ3) is 8.24. The lowest BCUT2D eigenvalue weighted by molar-refractivity contribution is -0.119. The van der Waals surface area contributed by atoms with Gasteiger partial charge in [0.25, 0.3) is 0 Å². The van der Waals surface area contributed by atoms with E-state index in [1.54, 1.807) is 0 Å². The summed E-state index contributed by atoms with van der Waals surface area (Å²) in [5.41, 5.74) is 0. The van der Waals surface area contributed by atoms with Crippen molar-refractivity contribution in [3.8, 4) is 0 Å². The summed E-state index contributed by atoms with van der Waals surface area (Å²) in [4.78, 5) is 11.5. The van der Waals surface area contributed by atoms with Crippen molar-refractivity contribution in [3.63, 3.8) is 0 Å². The van der Waals surface area contributed by atoms with E-state index in [9.17, 15) is 4.79 Å². The van der Waals surface area contributed by atoms with Crippen LogP contribution in [0.2, 0.25) is 0 Å². The molecule has 0 fully saturated rings. The summed E-state index contributed by atoms with van der Waals surface area (Å²) in [6.45, 7) is 9.49. The molecule has 2 nitrogen and oxygen atoms in total. The van der Waals surface area contributed by atoms with E-state index in [0.29, 0.717) is 24.2 Å². The Bertz CT molecular complexity index is 154. The summed E-state index contributed by atoms with van der Waals surface area (Å²) in [7, 11) is 0. The molecule has 2 heteroatoms. The van der Waals surface area contributed by atoms with Gasteiger partial charge in [-0.25, -0.2) is 0 Å². The summed E-state index contributed by atoms with van der Waals surface area (Å²) >= 11 is 0. The lowest BCUT2D eigenvalue weighted by Crippen LogP contribution is -2.28. The van der Waals surface area contributed by atoms with Crippen molar-refractivity contribution in [2.45, 2.75) is 59.4 Å². The number of carbonyl (C=O) groups excluding carboxylic acids is 1. The molecule has 0 aliphatic heterocycles. The molecule has 0 rings (SSSR count). The van der Waals surface area contributed by atoms with Crippen LogP contribution in [0.3, 0.4) is 0 Å². The second-order valence-electron chi connectivity index (χ2n) is 4.49. The van der Waals surface area contributed by atoms with Crippen molar-refractivity contribution in [2.24, 2.45) is 5.92 Å². The fourth-order valence-corrected chi connectivity index (χ4v) is 1.57. The molecule has 0 aliphatic rings. The Balaban J connectivity index is 3.45. The third-order valence-electron chi connectivity index (χ3n) is 2.32. The lowest BCUT2D eigenvalue weighted by atomic mass is 10.0. The molecule has 0 aromatic heterocycles. The van der Waals surface area contributed by atoms with Crippen LogP contribution < -0.4 is 5.32 Å². The fraction of sp³-hybridized carbons (Fsp3) is 0.917. The highest BCUT2D eigenvalue weighted by Crippen LogP contribution is 2.08. The maximum atomic E-state index is 11.5. The van der Waals surface area contributed by atoms with Crippen LogP contribution in [-0.2, 0) is 4.79 Å².